The number of nitrogens with zero attached hydrogens (tertiary/aromatic N) is 1. The normalized spacial score (nSPS) is 13.1. The third-order valence-corrected chi connectivity index (χ3v) is 4.41. The highest BCUT2D eigenvalue weighted by Gasteiger charge is 2.18. The van der Waals surface area contributed by atoms with Gasteiger partial charge >= 0.3 is 5.97 Å². The van der Waals surface area contributed by atoms with E-state index in [-0.39, 0.29) is 25.8 Å². The number of carbonyl (C=O) groups is 1. The lowest BCUT2D eigenvalue weighted by molar-refractivity contribution is -0.144. The third-order valence-electron chi connectivity index (χ3n) is 4.19. The summed E-state index contributed by atoms with van der Waals surface area (Å²) >= 11 is 6.13. The van der Waals surface area contributed by atoms with Crippen LogP contribution in [-0.2, 0) is 33.9 Å². The minimum absolute atomic E-state index is 0.0971. The van der Waals surface area contributed by atoms with Gasteiger partial charge in [-0.25, -0.2) is 0 Å². The van der Waals surface area contributed by atoms with E-state index in [9.17, 15) is 4.79 Å². The summed E-state index contributed by atoms with van der Waals surface area (Å²) < 4.78 is 16.2. The van der Waals surface area contributed by atoms with Gasteiger partial charge in [-0.15, -0.1) is 0 Å². The average molecular weight is 370 g/mol. The van der Waals surface area contributed by atoms with E-state index < -0.39 is 0 Å². The molecule has 0 atom stereocenters. The zero-order chi connectivity index (χ0) is 17.9. The predicted molar refractivity (Wildman–Crippen MR) is 97.0 cm³/mol. The number of pyridine rings is 1. The van der Waals surface area contributed by atoms with Crippen LogP contribution >= 0.6 is 11.6 Å². The Morgan fingerprint density at radius 1 is 1.19 bits per heavy atom. The lowest BCUT2D eigenvalue weighted by atomic mass is 10.1. The van der Waals surface area contributed by atoms with Gasteiger partial charge in [0.15, 0.2) is 6.79 Å². The van der Waals surface area contributed by atoms with Crippen LogP contribution < -0.4 is 4.74 Å². The summed E-state index contributed by atoms with van der Waals surface area (Å²) in [5, 5.41) is 1.55. The third kappa shape index (κ3) is 3.49. The number of hydrogen-bond donors (Lipinski definition) is 0. The fraction of sp³-hybridized carbons (Fsp3) is 0.200. The van der Waals surface area contributed by atoms with Gasteiger partial charge in [0.05, 0.1) is 18.5 Å². The van der Waals surface area contributed by atoms with Crippen molar-refractivity contribution in [2.75, 3.05) is 6.79 Å². The van der Waals surface area contributed by atoms with Crippen molar-refractivity contribution in [1.82, 2.24) is 4.98 Å². The smallest absolute Gasteiger partial charge is 0.310 e. The maximum atomic E-state index is 12.3. The second-order valence-corrected chi connectivity index (χ2v) is 6.43. The molecule has 0 amide bonds. The van der Waals surface area contributed by atoms with Crippen LogP contribution in [0, 0.1) is 0 Å². The molecule has 26 heavy (non-hydrogen) atoms. The lowest BCUT2D eigenvalue weighted by Gasteiger charge is -2.21. The predicted octanol–water partition coefficient (Wildman–Crippen LogP) is 4.04. The number of benzene rings is 2. The molecule has 0 radical (unpaired) electrons. The van der Waals surface area contributed by atoms with Gasteiger partial charge < -0.3 is 14.2 Å². The van der Waals surface area contributed by atoms with E-state index in [1.807, 2.05) is 30.3 Å². The van der Waals surface area contributed by atoms with Crippen LogP contribution in [0.4, 0.5) is 0 Å². The lowest BCUT2D eigenvalue weighted by Crippen LogP contribution is -2.15. The number of esters is 1. The number of para-hydroxylation sites is 1. The molecule has 1 aliphatic rings. The maximum absolute atomic E-state index is 12.3. The van der Waals surface area contributed by atoms with Gasteiger partial charge in [0.2, 0.25) is 0 Å². The summed E-state index contributed by atoms with van der Waals surface area (Å²) in [5.41, 5.74) is 3.24. The Labute approximate surface area is 155 Å². The van der Waals surface area contributed by atoms with Gasteiger partial charge in [0.1, 0.15) is 12.4 Å². The molecule has 2 heterocycles. The molecular weight excluding hydrogens is 354 g/mol. The number of ether oxygens (including phenoxy) is 3. The number of fused-ring (bicyclic) bond motifs is 2. The first-order valence-corrected chi connectivity index (χ1v) is 8.58. The number of hydrogen-bond acceptors (Lipinski definition) is 5. The molecule has 132 valence electrons. The Kier molecular flexibility index (Phi) is 4.73. The Hall–Kier alpha value is -2.63. The Morgan fingerprint density at radius 3 is 3.00 bits per heavy atom. The molecule has 4 rings (SSSR count). The van der Waals surface area contributed by atoms with Crippen LogP contribution in [0.1, 0.15) is 16.7 Å². The van der Waals surface area contributed by atoms with Crippen LogP contribution in [0.25, 0.3) is 10.9 Å². The summed E-state index contributed by atoms with van der Waals surface area (Å²) in [6.07, 6.45) is 1.87. The standard InChI is InChI=1S/C20H16ClNO4/c21-17-7-15-10-24-12-26-20(15)16(8-17)11-25-18(23)9-14-4-1-3-13-5-2-6-22-19(13)14/h1-8H,9-12H2. The fourth-order valence-electron chi connectivity index (χ4n) is 3.04. The molecule has 0 aliphatic carbocycles. The van der Waals surface area contributed by atoms with Crippen molar-refractivity contribution < 1.29 is 19.0 Å². The first-order chi connectivity index (χ1) is 12.7. The number of rotatable bonds is 4. The summed E-state index contributed by atoms with van der Waals surface area (Å²) in [6.45, 7) is 0.704. The average Bonchev–Trinajstić information content (AvgIpc) is 2.66. The van der Waals surface area contributed by atoms with Gasteiger partial charge in [0, 0.05) is 27.7 Å². The zero-order valence-corrected chi connectivity index (χ0v) is 14.7. The highest BCUT2D eigenvalue weighted by atomic mass is 35.5. The van der Waals surface area contributed by atoms with Gasteiger partial charge in [-0.05, 0) is 23.8 Å². The van der Waals surface area contributed by atoms with Gasteiger partial charge in [-0.1, -0.05) is 35.9 Å². The summed E-state index contributed by atoms with van der Waals surface area (Å²) in [7, 11) is 0. The molecule has 0 bridgehead atoms. The second-order valence-electron chi connectivity index (χ2n) is 5.99. The minimum atomic E-state index is -0.330. The monoisotopic (exact) mass is 369 g/mol. The van der Waals surface area contributed by atoms with Crippen molar-refractivity contribution in [1.29, 1.82) is 0 Å². The Morgan fingerprint density at radius 2 is 2.08 bits per heavy atom. The molecule has 0 saturated carbocycles. The summed E-state index contributed by atoms with van der Waals surface area (Å²) in [6, 6.07) is 13.1. The molecule has 5 nitrogen and oxygen atoms in total. The summed E-state index contributed by atoms with van der Waals surface area (Å²) in [5.74, 6) is 0.351. The van der Waals surface area contributed by atoms with E-state index in [1.54, 1.807) is 18.3 Å². The van der Waals surface area contributed by atoms with Crippen LogP contribution in [0.15, 0.2) is 48.7 Å². The maximum Gasteiger partial charge on any atom is 0.310 e. The summed E-state index contributed by atoms with van der Waals surface area (Å²) in [4.78, 5) is 16.7. The van der Waals surface area contributed by atoms with Gasteiger partial charge in [-0.2, -0.15) is 0 Å². The highest BCUT2D eigenvalue weighted by Crippen LogP contribution is 2.32. The molecule has 0 unspecified atom stereocenters. The number of aromatic nitrogens is 1. The number of halogens is 1. The van der Waals surface area contributed by atoms with E-state index in [2.05, 4.69) is 4.98 Å². The van der Waals surface area contributed by atoms with Crippen LogP contribution in [-0.4, -0.2) is 17.7 Å². The van der Waals surface area contributed by atoms with E-state index in [4.69, 9.17) is 25.8 Å². The molecule has 1 aromatic heterocycles. The molecule has 0 fully saturated rings. The topological polar surface area (TPSA) is 57.7 Å². The first-order valence-electron chi connectivity index (χ1n) is 8.21. The zero-order valence-electron chi connectivity index (χ0n) is 13.9. The van der Waals surface area contributed by atoms with Crippen molar-refractivity contribution >= 4 is 28.5 Å². The van der Waals surface area contributed by atoms with E-state index in [0.717, 1.165) is 27.6 Å². The molecular formula is C20H16ClNO4. The van der Waals surface area contributed by atoms with Crippen molar-refractivity contribution in [2.24, 2.45) is 0 Å². The van der Waals surface area contributed by atoms with E-state index in [1.165, 1.54) is 0 Å². The van der Waals surface area contributed by atoms with Gasteiger partial charge in [0.25, 0.3) is 0 Å². The molecule has 3 aromatic rings. The van der Waals surface area contributed by atoms with E-state index in [0.29, 0.717) is 17.4 Å². The molecule has 6 heteroatoms. The van der Waals surface area contributed by atoms with Crippen LogP contribution in [0.3, 0.4) is 0 Å². The van der Waals surface area contributed by atoms with E-state index >= 15 is 0 Å². The highest BCUT2D eigenvalue weighted by molar-refractivity contribution is 6.30. The minimum Gasteiger partial charge on any atom is -0.467 e. The Bertz CT molecular complexity index is 968. The quantitative estimate of drug-likeness (QED) is 0.649. The largest absolute Gasteiger partial charge is 0.467 e. The molecule has 2 aromatic carbocycles. The van der Waals surface area contributed by atoms with Gasteiger partial charge in [-0.3, -0.25) is 9.78 Å². The van der Waals surface area contributed by atoms with Crippen molar-refractivity contribution in [3.05, 3.63) is 70.4 Å². The van der Waals surface area contributed by atoms with Crippen LogP contribution in [0.2, 0.25) is 5.02 Å². The van der Waals surface area contributed by atoms with Crippen molar-refractivity contribution in [2.45, 2.75) is 19.6 Å². The SMILES string of the molecule is O=C(Cc1cccc2cccnc12)OCc1cc(Cl)cc2c1OCOC2. The second kappa shape index (κ2) is 7.32. The molecule has 0 saturated heterocycles. The Balaban J connectivity index is 1.49. The molecule has 0 spiro atoms. The van der Waals surface area contributed by atoms with Crippen molar-refractivity contribution in [3.8, 4) is 5.75 Å². The first kappa shape index (κ1) is 16.8. The number of carbonyl (C=O) groups excluding carboxylic acids is 1. The van der Waals surface area contributed by atoms with Crippen LogP contribution in [0.5, 0.6) is 5.75 Å². The molecule has 1 aliphatic heterocycles. The van der Waals surface area contributed by atoms with Crippen molar-refractivity contribution in [3.63, 3.8) is 0 Å². The fourth-order valence-corrected chi connectivity index (χ4v) is 3.30. The molecule has 0 N–H and O–H groups in total.